The van der Waals surface area contributed by atoms with E-state index in [0.29, 0.717) is 0 Å². The maximum absolute atomic E-state index is 11.0. The predicted molar refractivity (Wildman–Crippen MR) is 44.0 cm³/mol. The standard InChI is InChI=1S/C8H10N2O2/c1-10-8(12)6(7(9)11)4-5-2-3-5/h2,4H,3H2,1H3,(H2,9,11)(H,10,12)/b6-4+. The van der Waals surface area contributed by atoms with Gasteiger partial charge in [-0.05, 0) is 18.1 Å². The van der Waals surface area contributed by atoms with Gasteiger partial charge in [0.05, 0.1) is 0 Å². The molecule has 0 fully saturated rings. The van der Waals surface area contributed by atoms with E-state index in [9.17, 15) is 9.59 Å². The molecule has 1 rings (SSSR count). The number of hydrogen-bond donors (Lipinski definition) is 2. The quantitative estimate of drug-likeness (QED) is 0.336. The molecule has 64 valence electrons. The summed E-state index contributed by atoms with van der Waals surface area (Å²) in [5, 5.41) is 2.34. The molecule has 0 bridgehead atoms. The summed E-state index contributed by atoms with van der Waals surface area (Å²) < 4.78 is 0. The minimum atomic E-state index is -0.692. The van der Waals surface area contributed by atoms with Crippen molar-refractivity contribution < 1.29 is 9.59 Å². The van der Waals surface area contributed by atoms with Gasteiger partial charge in [0.15, 0.2) is 0 Å². The van der Waals surface area contributed by atoms with Gasteiger partial charge in [-0.3, -0.25) is 9.59 Å². The molecule has 0 spiro atoms. The van der Waals surface area contributed by atoms with Crippen molar-refractivity contribution in [2.45, 2.75) is 6.42 Å². The van der Waals surface area contributed by atoms with E-state index in [2.05, 4.69) is 5.32 Å². The van der Waals surface area contributed by atoms with Crippen molar-refractivity contribution in [1.29, 1.82) is 0 Å². The van der Waals surface area contributed by atoms with Crippen LogP contribution in [0.25, 0.3) is 0 Å². The van der Waals surface area contributed by atoms with Crippen molar-refractivity contribution in [3.8, 4) is 0 Å². The van der Waals surface area contributed by atoms with Crippen LogP contribution in [-0.2, 0) is 9.59 Å². The molecule has 12 heavy (non-hydrogen) atoms. The predicted octanol–water partition coefficient (Wildman–Crippen LogP) is -0.526. The highest BCUT2D eigenvalue weighted by atomic mass is 16.2. The zero-order valence-electron chi connectivity index (χ0n) is 6.76. The van der Waals surface area contributed by atoms with Gasteiger partial charge in [0.2, 0.25) is 0 Å². The van der Waals surface area contributed by atoms with Gasteiger partial charge in [0.1, 0.15) is 5.57 Å². The van der Waals surface area contributed by atoms with E-state index in [-0.39, 0.29) is 5.57 Å². The van der Waals surface area contributed by atoms with Crippen LogP contribution in [0.1, 0.15) is 6.42 Å². The second-order valence-electron chi connectivity index (χ2n) is 2.48. The molecule has 0 aromatic heterocycles. The first kappa shape index (κ1) is 8.52. The SMILES string of the molecule is CNC(=O)/C(=C/C1=CC1)C(N)=O. The van der Waals surface area contributed by atoms with Crippen LogP contribution in [-0.4, -0.2) is 18.9 Å². The Morgan fingerprint density at radius 3 is 2.58 bits per heavy atom. The summed E-state index contributed by atoms with van der Waals surface area (Å²) in [5.41, 5.74) is 5.99. The Morgan fingerprint density at radius 1 is 1.67 bits per heavy atom. The van der Waals surface area contributed by atoms with Crippen molar-refractivity contribution in [1.82, 2.24) is 5.32 Å². The van der Waals surface area contributed by atoms with Crippen molar-refractivity contribution in [3.63, 3.8) is 0 Å². The van der Waals surface area contributed by atoms with Crippen LogP contribution in [0.3, 0.4) is 0 Å². The molecular weight excluding hydrogens is 156 g/mol. The van der Waals surface area contributed by atoms with Crippen molar-refractivity contribution in [2.75, 3.05) is 7.05 Å². The highest BCUT2D eigenvalue weighted by Crippen LogP contribution is 2.20. The van der Waals surface area contributed by atoms with Gasteiger partial charge in [0.25, 0.3) is 11.8 Å². The minimum Gasteiger partial charge on any atom is -0.365 e. The molecule has 0 unspecified atom stereocenters. The molecule has 2 amide bonds. The molecule has 0 aliphatic heterocycles. The summed E-state index contributed by atoms with van der Waals surface area (Å²) >= 11 is 0. The number of rotatable bonds is 3. The second-order valence-corrected chi connectivity index (χ2v) is 2.48. The zero-order valence-corrected chi connectivity index (χ0v) is 6.76. The summed E-state index contributed by atoms with van der Waals surface area (Å²) in [6.45, 7) is 0. The molecular formula is C8H10N2O2. The average Bonchev–Trinajstić information content (AvgIpc) is 2.81. The molecule has 4 heteroatoms. The highest BCUT2D eigenvalue weighted by molar-refractivity contribution is 6.18. The van der Waals surface area contributed by atoms with Crippen LogP contribution < -0.4 is 11.1 Å². The lowest BCUT2D eigenvalue weighted by Crippen LogP contribution is -2.28. The second kappa shape index (κ2) is 3.21. The molecule has 1 aliphatic rings. The van der Waals surface area contributed by atoms with Crippen LogP contribution in [0.2, 0.25) is 0 Å². The third-order valence-corrected chi connectivity index (χ3v) is 1.51. The van der Waals surface area contributed by atoms with E-state index in [1.807, 2.05) is 6.08 Å². The number of allylic oxidation sites excluding steroid dienone is 3. The van der Waals surface area contributed by atoms with E-state index in [1.54, 1.807) is 0 Å². The summed E-state index contributed by atoms with van der Waals surface area (Å²) in [6, 6.07) is 0. The number of carbonyl (C=O) groups is 2. The van der Waals surface area contributed by atoms with E-state index >= 15 is 0 Å². The lowest BCUT2D eigenvalue weighted by molar-refractivity contribution is -0.121. The van der Waals surface area contributed by atoms with Gasteiger partial charge in [-0.15, -0.1) is 0 Å². The molecule has 0 heterocycles. The Kier molecular flexibility index (Phi) is 2.28. The first-order valence-corrected chi connectivity index (χ1v) is 3.57. The normalized spacial score (nSPS) is 15.1. The third-order valence-electron chi connectivity index (χ3n) is 1.51. The van der Waals surface area contributed by atoms with E-state index in [1.165, 1.54) is 13.1 Å². The third kappa shape index (κ3) is 1.95. The van der Waals surface area contributed by atoms with Gasteiger partial charge in [-0.25, -0.2) is 0 Å². The molecule has 0 atom stereocenters. The van der Waals surface area contributed by atoms with Crippen molar-refractivity contribution in [2.24, 2.45) is 5.73 Å². The first-order valence-electron chi connectivity index (χ1n) is 3.57. The van der Waals surface area contributed by atoms with Crippen LogP contribution in [0.5, 0.6) is 0 Å². The Labute approximate surface area is 70.1 Å². The van der Waals surface area contributed by atoms with Gasteiger partial charge >= 0.3 is 0 Å². The van der Waals surface area contributed by atoms with Crippen LogP contribution in [0.4, 0.5) is 0 Å². The lowest BCUT2D eigenvalue weighted by atomic mass is 10.2. The number of hydrogen-bond acceptors (Lipinski definition) is 2. The average molecular weight is 166 g/mol. The Bertz CT molecular complexity index is 289. The molecule has 1 aliphatic carbocycles. The number of likely N-dealkylation sites (N-methyl/N-ethyl adjacent to an activating group) is 1. The maximum atomic E-state index is 11.0. The summed E-state index contributed by atoms with van der Waals surface area (Å²) in [4.78, 5) is 21.7. The molecule has 3 N–H and O–H groups in total. The minimum absolute atomic E-state index is 0.0150. The number of primary amides is 1. The topological polar surface area (TPSA) is 72.2 Å². The summed E-state index contributed by atoms with van der Waals surface area (Å²) in [7, 11) is 1.46. The molecule has 0 radical (unpaired) electrons. The van der Waals surface area contributed by atoms with Crippen molar-refractivity contribution >= 4 is 11.8 Å². The molecule has 0 aromatic rings. The number of carbonyl (C=O) groups excluding carboxylic acids is 2. The molecule has 0 saturated carbocycles. The van der Waals surface area contributed by atoms with Crippen LogP contribution >= 0.6 is 0 Å². The monoisotopic (exact) mass is 166 g/mol. The summed E-state index contributed by atoms with van der Waals surface area (Å²) in [5.74, 6) is -1.13. The summed E-state index contributed by atoms with van der Waals surface area (Å²) in [6.07, 6.45) is 4.26. The van der Waals surface area contributed by atoms with Crippen molar-refractivity contribution in [3.05, 3.63) is 23.3 Å². The van der Waals surface area contributed by atoms with Crippen LogP contribution in [0, 0.1) is 0 Å². The number of nitrogens with two attached hydrogens (primary N) is 1. The van der Waals surface area contributed by atoms with Gasteiger partial charge < -0.3 is 11.1 Å². The number of nitrogens with one attached hydrogen (secondary N) is 1. The Morgan fingerprint density at radius 2 is 2.25 bits per heavy atom. The van der Waals surface area contributed by atoms with E-state index in [4.69, 9.17) is 5.73 Å². The van der Waals surface area contributed by atoms with E-state index in [0.717, 1.165) is 12.0 Å². The Hall–Kier alpha value is -1.58. The molecule has 4 nitrogen and oxygen atoms in total. The Balaban J connectivity index is 2.80. The smallest absolute Gasteiger partial charge is 0.256 e. The maximum Gasteiger partial charge on any atom is 0.256 e. The fourth-order valence-corrected chi connectivity index (χ4v) is 0.745. The highest BCUT2D eigenvalue weighted by Gasteiger charge is 2.16. The van der Waals surface area contributed by atoms with Gasteiger partial charge in [0, 0.05) is 7.05 Å². The first-order chi connectivity index (χ1) is 5.65. The number of amides is 2. The largest absolute Gasteiger partial charge is 0.365 e. The fourth-order valence-electron chi connectivity index (χ4n) is 0.745. The molecule has 0 saturated heterocycles. The van der Waals surface area contributed by atoms with Crippen LogP contribution in [0.15, 0.2) is 23.3 Å². The van der Waals surface area contributed by atoms with Gasteiger partial charge in [-0.1, -0.05) is 6.08 Å². The van der Waals surface area contributed by atoms with Gasteiger partial charge in [-0.2, -0.15) is 0 Å². The van der Waals surface area contributed by atoms with E-state index < -0.39 is 11.8 Å². The lowest BCUT2D eigenvalue weighted by Gasteiger charge is -1.99. The molecule has 0 aromatic carbocycles. The zero-order chi connectivity index (χ0) is 9.14. The fraction of sp³-hybridized carbons (Fsp3) is 0.250.